The average molecular weight is 244 g/mol. The summed E-state index contributed by atoms with van der Waals surface area (Å²) < 4.78 is 10.5. The third-order valence-corrected chi connectivity index (χ3v) is 3.43. The van der Waals surface area contributed by atoms with Crippen molar-refractivity contribution in [2.24, 2.45) is 5.92 Å². The van der Waals surface area contributed by atoms with Crippen molar-refractivity contribution in [2.75, 3.05) is 13.2 Å². The minimum Gasteiger partial charge on any atom is -0.481 e. The van der Waals surface area contributed by atoms with Crippen molar-refractivity contribution < 1.29 is 29.6 Å². The number of allylic oxidation sites excluding steroid dienone is 1. The van der Waals surface area contributed by atoms with E-state index in [0.29, 0.717) is 0 Å². The van der Waals surface area contributed by atoms with E-state index in [1.807, 2.05) is 0 Å². The molecule has 2 heterocycles. The Morgan fingerprint density at radius 1 is 1.59 bits per heavy atom. The van der Waals surface area contributed by atoms with E-state index in [2.05, 4.69) is 6.58 Å². The molecule has 2 fully saturated rings. The van der Waals surface area contributed by atoms with E-state index in [9.17, 15) is 15.0 Å². The quantitative estimate of drug-likeness (QED) is 0.558. The Balaban J connectivity index is 2.23. The molecule has 2 aliphatic rings. The molecule has 0 spiro atoms. The maximum atomic E-state index is 11.2. The number of rotatable bonds is 4. The van der Waals surface area contributed by atoms with Crippen LogP contribution in [-0.2, 0) is 14.3 Å². The van der Waals surface area contributed by atoms with Crippen molar-refractivity contribution in [3.05, 3.63) is 12.7 Å². The van der Waals surface area contributed by atoms with Crippen LogP contribution in [0.25, 0.3) is 0 Å². The van der Waals surface area contributed by atoms with Gasteiger partial charge < -0.3 is 24.8 Å². The summed E-state index contributed by atoms with van der Waals surface area (Å²) >= 11 is 0. The first kappa shape index (κ1) is 12.5. The van der Waals surface area contributed by atoms with Crippen LogP contribution in [0.1, 0.15) is 6.42 Å². The molecule has 6 nitrogen and oxygen atoms in total. The van der Waals surface area contributed by atoms with Gasteiger partial charge in [-0.25, -0.2) is 0 Å². The highest BCUT2D eigenvalue weighted by atomic mass is 16.6. The predicted molar refractivity (Wildman–Crippen MR) is 56.4 cm³/mol. The molecule has 0 aromatic rings. The lowest BCUT2D eigenvalue weighted by Crippen LogP contribution is -2.52. The van der Waals surface area contributed by atoms with Crippen LogP contribution >= 0.6 is 0 Å². The summed E-state index contributed by atoms with van der Waals surface area (Å²) in [5.41, 5.74) is -1.61. The predicted octanol–water partition coefficient (Wildman–Crippen LogP) is -0.847. The van der Waals surface area contributed by atoms with E-state index in [-0.39, 0.29) is 19.6 Å². The number of aliphatic hydroxyl groups is 2. The van der Waals surface area contributed by atoms with Crippen LogP contribution in [0.2, 0.25) is 0 Å². The molecule has 2 saturated heterocycles. The number of carbonyl (C=O) groups is 1. The molecule has 2 aliphatic heterocycles. The second-order valence-electron chi connectivity index (χ2n) is 4.50. The second-order valence-corrected chi connectivity index (χ2v) is 4.50. The van der Waals surface area contributed by atoms with Gasteiger partial charge in [0.05, 0.1) is 19.1 Å². The highest BCUT2D eigenvalue weighted by molar-refractivity contribution is 5.72. The smallest absolute Gasteiger partial charge is 0.309 e. The molecule has 96 valence electrons. The zero-order valence-electron chi connectivity index (χ0n) is 9.28. The molecule has 6 heteroatoms. The Morgan fingerprint density at radius 2 is 2.29 bits per heavy atom. The molecule has 0 aromatic carbocycles. The molecule has 17 heavy (non-hydrogen) atoms. The van der Waals surface area contributed by atoms with Gasteiger partial charge in [0.2, 0.25) is 0 Å². The molecular weight excluding hydrogens is 228 g/mol. The van der Waals surface area contributed by atoms with E-state index < -0.39 is 35.8 Å². The lowest BCUT2D eigenvalue weighted by atomic mass is 9.81. The molecule has 1 unspecified atom stereocenters. The van der Waals surface area contributed by atoms with Crippen LogP contribution in [-0.4, -0.2) is 58.4 Å². The lowest BCUT2D eigenvalue weighted by molar-refractivity contribution is -0.161. The molecule has 0 bridgehead atoms. The number of aliphatic hydroxyl groups excluding tert-OH is 1. The molecule has 0 aromatic heterocycles. The summed E-state index contributed by atoms with van der Waals surface area (Å²) in [5.74, 6) is -2.16. The number of ether oxygens (including phenoxy) is 2. The van der Waals surface area contributed by atoms with Crippen LogP contribution in [0.15, 0.2) is 12.7 Å². The maximum absolute atomic E-state index is 11.2. The van der Waals surface area contributed by atoms with E-state index in [4.69, 9.17) is 14.6 Å². The van der Waals surface area contributed by atoms with Gasteiger partial charge >= 0.3 is 5.97 Å². The first-order valence-corrected chi connectivity index (χ1v) is 5.48. The lowest BCUT2D eigenvalue weighted by Gasteiger charge is -2.31. The van der Waals surface area contributed by atoms with Gasteiger partial charge in [0.15, 0.2) is 0 Å². The van der Waals surface area contributed by atoms with Gasteiger partial charge in [0, 0.05) is 0 Å². The molecule has 2 rings (SSSR count). The van der Waals surface area contributed by atoms with Gasteiger partial charge in [-0.2, -0.15) is 0 Å². The molecule has 0 amide bonds. The van der Waals surface area contributed by atoms with E-state index >= 15 is 0 Å². The fourth-order valence-electron chi connectivity index (χ4n) is 2.52. The zero-order chi connectivity index (χ0) is 12.6. The van der Waals surface area contributed by atoms with Crippen molar-refractivity contribution in [3.8, 4) is 0 Å². The van der Waals surface area contributed by atoms with Gasteiger partial charge in [0.1, 0.15) is 23.9 Å². The molecule has 0 saturated carbocycles. The maximum Gasteiger partial charge on any atom is 0.309 e. The number of hydrogen-bond donors (Lipinski definition) is 3. The largest absolute Gasteiger partial charge is 0.481 e. The van der Waals surface area contributed by atoms with Gasteiger partial charge in [-0.1, -0.05) is 6.08 Å². The van der Waals surface area contributed by atoms with Gasteiger partial charge in [-0.3, -0.25) is 4.79 Å². The van der Waals surface area contributed by atoms with Crippen molar-refractivity contribution in [2.45, 2.75) is 30.3 Å². The zero-order valence-corrected chi connectivity index (χ0v) is 9.28. The second kappa shape index (κ2) is 4.38. The summed E-state index contributed by atoms with van der Waals surface area (Å²) in [5, 5.41) is 29.1. The summed E-state index contributed by atoms with van der Waals surface area (Å²) in [6.07, 6.45) is -0.690. The topological polar surface area (TPSA) is 96.2 Å². The Bertz CT molecular complexity index is 330. The molecule has 0 radical (unpaired) electrons. The minimum absolute atomic E-state index is 0.0536. The van der Waals surface area contributed by atoms with E-state index in [1.54, 1.807) is 0 Å². The molecule has 3 N–H and O–H groups in total. The first-order chi connectivity index (χ1) is 8.00. The number of carboxylic acid groups (broad SMARTS) is 1. The van der Waals surface area contributed by atoms with Crippen molar-refractivity contribution in [3.63, 3.8) is 0 Å². The summed E-state index contributed by atoms with van der Waals surface area (Å²) in [6, 6.07) is 0. The normalized spacial score (nSPS) is 42.1. The Hall–Kier alpha value is -0.950. The number of aliphatic carboxylic acids is 1. The monoisotopic (exact) mass is 244 g/mol. The summed E-state index contributed by atoms with van der Waals surface area (Å²) in [4.78, 5) is 11.2. The average Bonchev–Trinajstić information content (AvgIpc) is 2.79. The van der Waals surface area contributed by atoms with Gasteiger partial charge in [-0.15, -0.1) is 6.58 Å². The van der Waals surface area contributed by atoms with E-state index in [0.717, 1.165) is 0 Å². The number of hydrogen-bond acceptors (Lipinski definition) is 5. The third kappa shape index (κ3) is 1.87. The SMILES string of the molecule is C=CCC(C(=O)O)[C@@]1(O)CO[C@@H]2[C@H](O)CO[C@@H]21. The van der Waals surface area contributed by atoms with Crippen molar-refractivity contribution in [1.82, 2.24) is 0 Å². The summed E-state index contributed by atoms with van der Waals surface area (Å²) in [7, 11) is 0. The Morgan fingerprint density at radius 3 is 2.88 bits per heavy atom. The molecule has 5 atom stereocenters. The Kier molecular flexibility index (Phi) is 3.22. The summed E-state index contributed by atoms with van der Waals surface area (Å²) in [6.45, 7) is 3.39. The molecule has 0 aliphatic carbocycles. The third-order valence-electron chi connectivity index (χ3n) is 3.43. The van der Waals surface area contributed by atoms with Crippen molar-refractivity contribution in [1.29, 1.82) is 0 Å². The van der Waals surface area contributed by atoms with Crippen LogP contribution in [0.3, 0.4) is 0 Å². The van der Waals surface area contributed by atoms with Crippen LogP contribution in [0.5, 0.6) is 0 Å². The van der Waals surface area contributed by atoms with E-state index in [1.165, 1.54) is 6.08 Å². The fraction of sp³-hybridized carbons (Fsp3) is 0.727. The van der Waals surface area contributed by atoms with Crippen LogP contribution < -0.4 is 0 Å². The molecular formula is C11H16O6. The van der Waals surface area contributed by atoms with Gasteiger partial charge in [0.25, 0.3) is 0 Å². The van der Waals surface area contributed by atoms with Crippen molar-refractivity contribution >= 4 is 5.97 Å². The fourth-order valence-corrected chi connectivity index (χ4v) is 2.52. The number of fused-ring (bicyclic) bond motifs is 1. The van der Waals surface area contributed by atoms with Crippen LogP contribution in [0, 0.1) is 5.92 Å². The van der Waals surface area contributed by atoms with Crippen LogP contribution in [0.4, 0.5) is 0 Å². The van der Waals surface area contributed by atoms with Gasteiger partial charge in [-0.05, 0) is 6.42 Å². The Labute approximate surface area is 98.5 Å². The minimum atomic E-state index is -1.61. The first-order valence-electron chi connectivity index (χ1n) is 5.48. The highest BCUT2D eigenvalue weighted by Crippen LogP contribution is 2.40. The number of carboxylic acids is 1. The standard InChI is InChI=1S/C11H16O6/c1-2-3-6(10(13)14)11(15)5-17-8-7(12)4-16-9(8)11/h2,6-9,12,15H,1,3-5H2,(H,13,14)/t6?,7-,8-,9+,11+/m1/s1. The highest BCUT2D eigenvalue weighted by Gasteiger charge is 2.60.